The summed E-state index contributed by atoms with van der Waals surface area (Å²) in [6, 6.07) is 15.2. The molecule has 13 atom stereocenters. The van der Waals surface area contributed by atoms with Gasteiger partial charge in [0, 0.05) is 47.1 Å². The molecule has 522 valence electrons. The van der Waals surface area contributed by atoms with Gasteiger partial charge in [-0.2, -0.15) is 0 Å². The van der Waals surface area contributed by atoms with Crippen molar-refractivity contribution in [3.63, 3.8) is 0 Å². The maximum atomic E-state index is 14.8. The van der Waals surface area contributed by atoms with Crippen LogP contribution in [0, 0.1) is 29.6 Å². The van der Waals surface area contributed by atoms with E-state index >= 15 is 0 Å². The molecule has 1 fully saturated rings. The zero-order valence-electron chi connectivity index (χ0n) is 57.8. The highest BCUT2D eigenvalue weighted by atomic mass is 16.6. The van der Waals surface area contributed by atoms with Crippen LogP contribution in [0.15, 0.2) is 78.9 Å². The largest absolute Gasteiger partial charge is 0.497 e. The Balaban J connectivity index is 1.39. The summed E-state index contributed by atoms with van der Waals surface area (Å²) in [6.07, 6.45) is -0.222. The van der Waals surface area contributed by atoms with Crippen LogP contribution >= 0.6 is 0 Å². The number of ether oxygens (including phenoxy) is 4. The molecule has 0 spiro atoms. The zero-order chi connectivity index (χ0) is 70.1. The van der Waals surface area contributed by atoms with Crippen LogP contribution in [0.5, 0.6) is 5.75 Å². The van der Waals surface area contributed by atoms with Crippen LogP contribution in [0.2, 0.25) is 0 Å². The van der Waals surface area contributed by atoms with Gasteiger partial charge in [-0.05, 0) is 110 Å². The molecule has 94 heavy (non-hydrogen) atoms. The quantitative estimate of drug-likeness (QED) is 0.0319. The Hall–Kier alpha value is -7.87. The number of primary amides is 1. The van der Waals surface area contributed by atoms with E-state index in [2.05, 4.69) is 31.9 Å². The van der Waals surface area contributed by atoms with Gasteiger partial charge in [0.05, 0.1) is 61.9 Å². The molecular weight excluding hydrogens is 1210 g/mol. The molecule has 10 amide bonds. The summed E-state index contributed by atoms with van der Waals surface area (Å²) in [5, 5.41) is 27.7. The number of likely N-dealkylation sites (tertiary alicyclic amines) is 1. The van der Waals surface area contributed by atoms with Gasteiger partial charge in [-0.15, -0.1) is 0 Å². The maximum Gasteiger partial charge on any atom is 0.410 e. The number of likely N-dealkylation sites (N-methyl/N-ethyl adjacent to an activating group) is 2. The first kappa shape index (κ1) is 78.6. The van der Waals surface area contributed by atoms with E-state index in [1.54, 1.807) is 116 Å². The third-order valence-electron chi connectivity index (χ3n) is 17.8. The number of benzene rings is 3. The van der Waals surface area contributed by atoms with E-state index < -0.39 is 132 Å². The van der Waals surface area contributed by atoms with Gasteiger partial charge >= 0.3 is 12.1 Å². The Bertz CT molecular complexity index is 2920. The van der Waals surface area contributed by atoms with Crippen molar-refractivity contribution in [2.75, 3.05) is 53.8 Å². The second kappa shape index (κ2) is 38.5. The molecular formula is C69H107N11O14. The molecule has 0 saturated carbocycles. The van der Waals surface area contributed by atoms with Gasteiger partial charge in [-0.1, -0.05) is 123 Å². The Morgan fingerprint density at radius 3 is 1.87 bits per heavy atom. The average molecular weight is 1310 g/mol. The number of nitrogens with one attached hydrogen (secondary N) is 6. The number of carbonyl (C=O) groups is 9. The molecule has 0 aliphatic carbocycles. The van der Waals surface area contributed by atoms with E-state index in [9.17, 15) is 48.3 Å². The van der Waals surface area contributed by atoms with Gasteiger partial charge < -0.3 is 77.2 Å². The predicted octanol–water partition coefficient (Wildman–Crippen LogP) is 5.56. The molecule has 25 heteroatoms. The molecule has 1 saturated heterocycles. The van der Waals surface area contributed by atoms with Gasteiger partial charge in [-0.25, -0.2) is 9.59 Å². The fourth-order valence-corrected chi connectivity index (χ4v) is 11.9. The minimum atomic E-state index is -1.12. The molecule has 3 aromatic rings. The van der Waals surface area contributed by atoms with Crippen LogP contribution in [0.4, 0.5) is 15.3 Å². The first-order chi connectivity index (χ1) is 44.5. The van der Waals surface area contributed by atoms with E-state index in [0.29, 0.717) is 61.2 Å². The van der Waals surface area contributed by atoms with E-state index in [-0.39, 0.29) is 50.1 Å². The number of rotatable bonds is 37. The van der Waals surface area contributed by atoms with Gasteiger partial charge in [0.1, 0.15) is 36.5 Å². The number of amides is 10. The third kappa shape index (κ3) is 23.0. The van der Waals surface area contributed by atoms with Gasteiger partial charge in [0.25, 0.3) is 0 Å². The highest BCUT2D eigenvalue weighted by Crippen LogP contribution is 2.31. The summed E-state index contributed by atoms with van der Waals surface area (Å²) in [5.74, 6) is -4.70. The molecule has 1 aliphatic heterocycles. The fraction of sp³-hybridized carbons (Fsp3) is 0.609. The van der Waals surface area contributed by atoms with E-state index in [1.165, 1.54) is 26.2 Å². The molecule has 0 bridgehead atoms. The SMILES string of the molecule is CC[C@H](C)[C@@H]([C@@H](CC(=O)N1CCC[C@H]1[C@H](OC)[C@@H](C)C(=O)N[C@@H](C)[C@@H](O)c1ccccc1)OC)N(C)C(=O)[C@@H](NC(=O)[C@H](C(C)C)N(C)C(=O)OCc1ccc(NC(=O)[C@H](CCCNC(N)=O)NC(=O)[C@@H](NC(=O)[C@@H](N)CCc2ccc(OC)cc2)C(C)C)cc1)C(C)C. The molecule has 4 rings (SSSR count). The monoisotopic (exact) mass is 1310 g/mol. The highest BCUT2D eigenvalue weighted by molar-refractivity contribution is 5.99. The first-order valence-corrected chi connectivity index (χ1v) is 32.8. The lowest BCUT2D eigenvalue weighted by Crippen LogP contribution is -2.60. The standard InChI is InChI=1S/C69H107N11O14/c1-16-43(8)59(54(92-14)38-55(81)80-37-21-25-53(80)61(93-15)44(9)62(83)73-45(10)60(82)48-22-18-17-19-23-48)78(11)67(88)57(41(4)5)77-66(87)58(42(6)7)79(12)69(90)94-39-47-26-31-49(32-27-47)74-64(85)52(24-20-36-72-68(71)89)75-65(86)56(40(2)3)76-63(84)51(70)35-30-46-28-33-50(91-13)34-29-46/h17-19,22-23,26-29,31-34,40-45,51-54,56-61,82H,16,20-21,24-25,30,35-39,70H2,1-15H3,(H,73,83)(H,74,85)(H,75,86)(H,76,84)(H,77,87)(H3,71,72,89)/t43-,44+,45-,51-,52-,53-,54+,56-,57-,58-,59-,60+,61+/m0/s1. The molecule has 0 radical (unpaired) electrons. The number of aliphatic hydroxyl groups excluding tert-OH is 1. The van der Waals surface area contributed by atoms with E-state index in [1.807, 2.05) is 56.3 Å². The molecule has 11 N–H and O–H groups in total. The van der Waals surface area contributed by atoms with Crippen molar-refractivity contribution in [3.05, 3.63) is 95.6 Å². The number of methoxy groups -OCH3 is 3. The number of nitrogens with two attached hydrogens (primary N) is 2. The third-order valence-corrected chi connectivity index (χ3v) is 17.8. The summed E-state index contributed by atoms with van der Waals surface area (Å²) in [6.45, 7) is 18.4. The fourth-order valence-electron chi connectivity index (χ4n) is 11.9. The van der Waals surface area contributed by atoms with Gasteiger partial charge in [0.2, 0.25) is 41.4 Å². The summed E-state index contributed by atoms with van der Waals surface area (Å²) < 4.78 is 23.0. The Morgan fingerprint density at radius 1 is 0.691 bits per heavy atom. The first-order valence-electron chi connectivity index (χ1n) is 32.8. The van der Waals surface area contributed by atoms with Crippen molar-refractivity contribution in [2.24, 2.45) is 41.1 Å². The number of urea groups is 1. The number of hydrogen-bond donors (Lipinski definition) is 9. The molecule has 3 aromatic carbocycles. The number of aliphatic hydroxyl groups is 1. The molecule has 0 unspecified atom stereocenters. The summed E-state index contributed by atoms with van der Waals surface area (Å²) in [7, 11) is 7.67. The van der Waals surface area contributed by atoms with Crippen LogP contribution in [0.3, 0.4) is 0 Å². The minimum Gasteiger partial charge on any atom is -0.497 e. The van der Waals surface area contributed by atoms with Crippen LogP contribution in [0.1, 0.15) is 137 Å². The number of anilines is 1. The van der Waals surface area contributed by atoms with Gasteiger partial charge in [0.15, 0.2) is 0 Å². The van der Waals surface area contributed by atoms with Crippen LogP contribution in [-0.2, 0) is 60.8 Å². The summed E-state index contributed by atoms with van der Waals surface area (Å²) in [4.78, 5) is 128. The maximum absolute atomic E-state index is 14.8. The number of hydrogen-bond acceptors (Lipinski definition) is 15. The Morgan fingerprint density at radius 2 is 1.31 bits per heavy atom. The van der Waals surface area contributed by atoms with Crippen molar-refractivity contribution in [1.82, 2.24) is 41.3 Å². The smallest absolute Gasteiger partial charge is 0.410 e. The summed E-state index contributed by atoms with van der Waals surface area (Å²) in [5.41, 5.74) is 14.0. The Labute approximate surface area is 555 Å². The lowest BCUT2D eigenvalue weighted by molar-refractivity contribution is -0.148. The van der Waals surface area contributed by atoms with Crippen LogP contribution in [-0.4, -0.2) is 182 Å². The molecule has 1 aliphatic rings. The zero-order valence-corrected chi connectivity index (χ0v) is 57.8. The Kier molecular flexibility index (Phi) is 32.2. The average Bonchev–Trinajstić information content (AvgIpc) is 1.39. The molecule has 25 nitrogen and oxygen atoms in total. The minimum absolute atomic E-state index is 0.0879. The van der Waals surface area contributed by atoms with Crippen molar-refractivity contribution < 1.29 is 67.2 Å². The van der Waals surface area contributed by atoms with E-state index in [0.717, 1.165) is 5.56 Å². The van der Waals surface area contributed by atoms with Crippen LogP contribution in [0.25, 0.3) is 0 Å². The van der Waals surface area contributed by atoms with Crippen molar-refractivity contribution in [3.8, 4) is 5.75 Å². The second-order valence-electron chi connectivity index (χ2n) is 25.7. The molecule has 1 heterocycles. The van der Waals surface area contributed by atoms with Crippen molar-refractivity contribution in [1.29, 1.82) is 0 Å². The summed E-state index contributed by atoms with van der Waals surface area (Å²) >= 11 is 0. The molecule has 0 aromatic heterocycles. The second-order valence-corrected chi connectivity index (χ2v) is 25.7. The lowest BCUT2D eigenvalue weighted by atomic mass is 9.89. The van der Waals surface area contributed by atoms with Crippen molar-refractivity contribution >= 4 is 59.2 Å². The number of aryl methyl sites for hydroxylation is 1. The van der Waals surface area contributed by atoms with Crippen LogP contribution < -0.4 is 48.1 Å². The number of nitrogens with zero attached hydrogens (tertiary/aromatic N) is 3. The number of carbonyl (C=O) groups excluding carboxylic acids is 9. The lowest BCUT2D eigenvalue weighted by Gasteiger charge is -2.41. The highest BCUT2D eigenvalue weighted by Gasteiger charge is 2.44. The topological polar surface area (TPSA) is 345 Å². The normalized spacial score (nSPS) is 16.9. The predicted molar refractivity (Wildman–Crippen MR) is 358 cm³/mol. The van der Waals surface area contributed by atoms with Gasteiger partial charge in [-0.3, -0.25) is 38.5 Å². The van der Waals surface area contributed by atoms with Crippen molar-refractivity contribution in [2.45, 2.75) is 194 Å². The van der Waals surface area contributed by atoms with E-state index in [4.69, 9.17) is 30.4 Å².